The van der Waals surface area contributed by atoms with E-state index in [-0.39, 0.29) is 18.7 Å². The van der Waals surface area contributed by atoms with Crippen molar-refractivity contribution in [2.24, 2.45) is 0 Å². The molecule has 0 bridgehead atoms. The third-order valence-corrected chi connectivity index (χ3v) is 5.08. The Labute approximate surface area is 157 Å². The fourth-order valence-electron chi connectivity index (χ4n) is 3.32. The zero-order valence-corrected chi connectivity index (χ0v) is 15.5. The standard InChI is InChI=1S/C19H24N4O4/c1-11(20-2)7-8-21-10-12-3-4-13-14(9-12)19(27)23(18(13)26)15-5-6-16(24)22-17(15)25/h3-4,9,11,15,20-21H,5-8,10H2,1-2H3,(H,22,24,25). The predicted octanol–water partition coefficient (Wildman–Crippen LogP) is 0.175. The van der Waals surface area contributed by atoms with Crippen LogP contribution >= 0.6 is 0 Å². The van der Waals surface area contributed by atoms with Gasteiger partial charge >= 0.3 is 0 Å². The van der Waals surface area contributed by atoms with Crippen molar-refractivity contribution in [1.82, 2.24) is 20.9 Å². The average Bonchev–Trinajstić information content (AvgIpc) is 2.89. The van der Waals surface area contributed by atoms with Crippen LogP contribution in [0.4, 0.5) is 0 Å². The van der Waals surface area contributed by atoms with Crippen molar-refractivity contribution in [3.8, 4) is 0 Å². The SMILES string of the molecule is CNC(C)CCNCc1ccc2c(c1)C(=O)N(C1CCC(=O)NC1=O)C2=O. The van der Waals surface area contributed by atoms with Crippen LogP contribution in [-0.2, 0) is 16.1 Å². The van der Waals surface area contributed by atoms with E-state index in [9.17, 15) is 19.2 Å². The van der Waals surface area contributed by atoms with Crippen LogP contribution in [0.2, 0.25) is 0 Å². The van der Waals surface area contributed by atoms with E-state index in [4.69, 9.17) is 0 Å². The number of piperidine rings is 1. The molecule has 1 fully saturated rings. The van der Waals surface area contributed by atoms with E-state index in [2.05, 4.69) is 22.9 Å². The van der Waals surface area contributed by atoms with Crippen LogP contribution in [0.3, 0.4) is 0 Å². The zero-order valence-electron chi connectivity index (χ0n) is 15.5. The number of rotatable bonds is 7. The second kappa shape index (κ2) is 7.98. The summed E-state index contributed by atoms with van der Waals surface area (Å²) in [5.74, 6) is -1.93. The van der Waals surface area contributed by atoms with Crippen molar-refractivity contribution < 1.29 is 19.2 Å². The topological polar surface area (TPSA) is 108 Å². The van der Waals surface area contributed by atoms with Gasteiger partial charge in [0.2, 0.25) is 11.8 Å². The second-order valence-electron chi connectivity index (χ2n) is 6.98. The van der Waals surface area contributed by atoms with Gasteiger partial charge in [-0.1, -0.05) is 6.07 Å². The summed E-state index contributed by atoms with van der Waals surface area (Å²) in [6, 6.07) is 4.63. The molecule has 2 aliphatic rings. The zero-order chi connectivity index (χ0) is 19.6. The highest BCUT2D eigenvalue weighted by atomic mass is 16.2. The number of hydrogen-bond acceptors (Lipinski definition) is 6. The molecule has 3 rings (SSSR count). The molecule has 144 valence electrons. The number of imide groups is 2. The van der Waals surface area contributed by atoms with Gasteiger partial charge in [-0.15, -0.1) is 0 Å². The highest BCUT2D eigenvalue weighted by Crippen LogP contribution is 2.28. The normalized spacial score (nSPS) is 20.7. The van der Waals surface area contributed by atoms with Gasteiger partial charge in [-0.3, -0.25) is 29.4 Å². The lowest BCUT2D eigenvalue weighted by atomic mass is 10.0. The van der Waals surface area contributed by atoms with Crippen molar-refractivity contribution in [1.29, 1.82) is 0 Å². The molecule has 4 amide bonds. The van der Waals surface area contributed by atoms with Gasteiger partial charge in [-0.25, -0.2) is 0 Å². The Kier molecular flexibility index (Phi) is 5.67. The molecular weight excluding hydrogens is 348 g/mol. The molecule has 0 aliphatic carbocycles. The van der Waals surface area contributed by atoms with Gasteiger partial charge in [0, 0.05) is 19.0 Å². The van der Waals surface area contributed by atoms with Crippen molar-refractivity contribution in [3.05, 3.63) is 34.9 Å². The van der Waals surface area contributed by atoms with Crippen LogP contribution in [0.25, 0.3) is 0 Å². The van der Waals surface area contributed by atoms with Gasteiger partial charge in [-0.05, 0) is 51.1 Å². The quantitative estimate of drug-likeness (QED) is 0.465. The molecule has 2 heterocycles. The molecule has 1 aromatic rings. The highest BCUT2D eigenvalue weighted by molar-refractivity contribution is 6.23. The number of amides is 4. The van der Waals surface area contributed by atoms with Crippen molar-refractivity contribution >= 4 is 23.6 Å². The van der Waals surface area contributed by atoms with Gasteiger partial charge in [0.1, 0.15) is 6.04 Å². The van der Waals surface area contributed by atoms with Gasteiger partial charge in [-0.2, -0.15) is 0 Å². The molecule has 0 radical (unpaired) electrons. The molecular formula is C19H24N4O4. The molecule has 3 N–H and O–H groups in total. The largest absolute Gasteiger partial charge is 0.317 e. The number of nitrogens with zero attached hydrogens (tertiary/aromatic N) is 1. The molecule has 2 atom stereocenters. The first-order valence-corrected chi connectivity index (χ1v) is 9.15. The maximum absolute atomic E-state index is 12.8. The number of carbonyl (C=O) groups is 4. The number of fused-ring (bicyclic) bond motifs is 1. The number of benzene rings is 1. The number of nitrogens with one attached hydrogen (secondary N) is 3. The Hall–Kier alpha value is -2.58. The molecule has 0 saturated carbocycles. The Morgan fingerprint density at radius 1 is 1.19 bits per heavy atom. The minimum atomic E-state index is -0.931. The van der Waals surface area contributed by atoms with Crippen LogP contribution in [0, 0.1) is 0 Å². The maximum atomic E-state index is 12.8. The fourth-order valence-corrected chi connectivity index (χ4v) is 3.32. The highest BCUT2D eigenvalue weighted by Gasteiger charge is 2.44. The molecule has 1 saturated heterocycles. The third-order valence-electron chi connectivity index (χ3n) is 5.08. The first-order chi connectivity index (χ1) is 12.9. The van der Waals surface area contributed by atoms with E-state index < -0.39 is 23.8 Å². The van der Waals surface area contributed by atoms with E-state index in [1.165, 1.54) is 0 Å². The van der Waals surface area contributed by atoms with E-state index in [0.717, 1.165) is 23.4 Å². The van der Waals surface area contributed by atoms with Crippen LogP contribution in [-0.4, -0.2) is 54.2 Å². The van der Waals surface area contributed by atoms with Gasteiger partial charge in [0.15, 0.2) is 0 Å². The summed E-state index contributed by atoms with van der Waals surface area (Å²) in [6.45, 7) is 3.52. The predicted molar refractivity (Wildman–Crippen MR) is 98.0 cm³/mol. The molecule has 2 unspecified atom stereocenters. The summed E-state index contributed by atoms with van der Waals surface area (Å²) < 4.78 is 0. The Morgan fingerprint density at radius 3 is 2.63 bits per heavy atom. The van der Waals surface area contributed by atoms with Crippen molar-refractivity contribution in [2.75, 3.05) is 13.6 Å². The number of carbonyl (C=O) groups excluding carboxylic acids is 4. The van der Waals surface area contributed by atoms with Gasteiger partial charge in [0.05, 0.1) is 11.1 Å². The van der Waals surface area contributed by atoms with E-state index in [1.807, 2.05) is 13.1 Å². The maximum Gasteiger partial charge on any atom is 0.262 e. The summed E-state index contributed by atoms with van der Waals surface area (Å²) in [4.78, 5) is 49.7. The van der Waals surface area contributed by atoms with Crippen molar-refractivity contribution in [2.45, 2.75) is 44.8 Å². The molecule has 1 aromatic carbocycles. The minimum absolute atomic E-state index is 0.115. The Bertz CT molecular complexity index is 792. The lowest BCUT2D eigenvalue weighted by molar-refractivity contribution is -0.136. The minimum Gasteiger partial charge on any atom is -0.317 e. The van der Waals surface area contributed by atoms with Crippen LogP contribution < -0.4 is 16.0 Å². The van der Waals surface area contributed by atoms with Crippen LogP contribution in [0.1, 0.15) is 52.5 Å². The summed E-state index contributed by atoms with van der Waals surface area (Å²) in [5, 5.41) is 8.68. The first-order valence-electron chi connectivity index (χ1n) is 9.15. The smallest absolute Gasteiger partial charge is 0.262 e. The van der Waals surface area contributed by atoms with E-state index in [1.54, 1.807) is 12.1 Å². The molecule has 8 heteroatoms. The summed E-state index contributed by atoms with van der Waals surface area (Å²) in [6.07, 6.45) is 1.25. The van der Waals surface area contributed by atoms with Crippen molar-refractivity contribution in [3.63, 3.8) is 0 Å². The lowest BCUT2D eigenvalue weighted by Gasteiger charge is -2.27. The number of hydrogen-bond donors (Lipinski definition) is 3. The summed E-state index contributed by atoms with van der Waals surface area (Å²) in [5.41, 5.74) is 1.52. The average molecular weight is 372 g/mol. The van der Waals surface area contributed by atoms with Crippen LogP contribution in [0.15, 0.2) is 18.2 Å². The molecule has 0 spiro atoms. The van der Waals surface area contributed by atoms with E-state index >= 15 is 0 Å². The fraction of sp³-hybridized carbons (Fsp3) is 0.474. The Balaban J connectivity index is 1.69. The third kappa shape index (κ3) is 3.91. The van der Waals surface area contributed by atoms with Gasteiger partial charge < -0.3 is 10.6 Å². The lowest BCUT2D eigenvalue weighted by Crippen LogP contribution is -2.54. The van der Waals surface area contributed by atoms with Crippen LogP contribution in [0.5, 0.6) is 0 Å². The Morgan fingerprint density at radius 2 is 1.93 bits per heavy atom. The molecule has 2 aliphatic heterocycles. The molecule has 0 aromatic heterocycles. The molecule has 8 nitrogen and oxygen atoms in total. The second-order valence-corrected chi connectivity index (χ2v) is 6.98. The summed E-state index contributed by atoms with van der Waals surface area (Å²) >= 11 is 0. The first kappa shape index (κ1) is 19.2. The summed E-state index contributed by atoms with van der Waals surface area (Å²) in [7, 11) is 1.92. The van der Waals surface area contributed by atoms with E-state index in [0.29, 0.717) is 23.7 Å². The monoisotopic (exact) mass is 372 g/mol. The van der Waals surface area contributed by atoms with Gasteiger partial charge in [0.25, 0.3) is 11.8 Å². The molecule has 27 heavy (non-hydrogen) atoms.